The van der Waals surface area contributed by atoms with E-state index in [9.17, 15) is 9.59 Å². The van der Waals surface area contributed by atoms with Gasteiger partial charge in [0.05, 0.1) is 26.2 Å². The molecule has 6 heteroatoms. The molecule has 0 radical (unpaired) electrons. The summed E-state index contributed by atoms with van der Waals surface area (Å²) in [7, 11) is 3.04. The summed E-state index contributed by atoms with van der Waals surface area (Å²) in [5, 5.41) is 5.67. The van der Waals surface area contributed by atoms with E-state index in [2.05, 4.69) is 10.6 Å². The number of hydrogen-bond acceptors (Lipinski definition) is 4. The maximum absolute atomic E-state index is 12.6. The van der Waals surface area contributed by atoms with E-state index in [0.29, 0.717) is 28.4 Å². The van der Waals surface area contributed by atoms with Crippen molar-refractivity contribution in [1.29, 1.82) is 0 Å². The van der Waals surface area contributed by atoms with Gasteiger partial charge >= 0.3 is 0 Å². The van der Waals surface area contributed by atoms with Gasteiger partial charge in [0.25, 0.3) is 5.91 Å². The van der Waals surface area contributed by atoms with Crippen molar-refractivity contribution in [2.45, 2.75) is 6.42 Å². The van der Waals surface area contributed by atoms with E-state index in [1.807, 2.05) is 30.3 Å². The molecule has 0 atom stereocenters. The van der Waals surface area contributed by atoms with Crippen LogP contribution in [-0.4, -0.2) is 26.0 Å². The van der Waals surface area contributed by atoms with Crippen molar-refractivity contribution in [1.82, 2.24) is 0 Å². The molecule has 0 aromatic heterocycles. The number of benzene rings is 3. The second kappa shape index (κ2) is 9.41. The van der Waals surface area contributed by atoms with Gasteiger partial charge in [0.1, 0.15) is 11.5 Å². The first-order valence-corrected chi connectivity index (χ1v) is 9.06. The van der Waals surface area contributed by atoms with E-state index in [0.717, 1.165) is 5.56 Å². The van der Waals surface area contributed by atoms with Crippen molar-refractivity contribution < 1.29 is 19.1 Å². The van der Waals surface area contributed by atoms with Crippen LogP contribution in [-0.2, 0) is 11.2 Å². The van der Waals surface area contributed by atoms with Crippen LogP contribution in [0.4, 0.5) is 11.4 Å². The average molecular weight is 390 g/mol. The predicted octanol–water partition coefficient (Wildman–Crippen LogP) is 4.14. The lowest BCUT2D eigenvalue weighted by Crippen LogP contribution is -2.15. The second-order valence-electron chi connectivity index (χ2n) is 6.31. The first-order chi connectivity index (χ1) is 14.1. The Kier molecular flexibility index (Phi) is 6.47. The summed E-state index contributed by atoms with van der Waals surface area (Å²) in [6.07, 6.45) is 0.278. The third kappa shape index (κ3) is 5.35. The molecular weight excluding hydrogens is 368 g/mol. The molecule has 0 aliphatic rings. The summed E-state index contributed by atoms with van der Waals surface area (Å²) in [5.74, 6) is 0.560. The molecule has 0 spiro atoms. The average Bonchev–Trinajstić information content (AvgIpc) is 2.74. The Morgan fingerprint density at radius 2 is 1.52 bits per heavy atom. The Morgan fingerprint density at radius 1 is 0.793 bits per heavy atom. The van der Waals surface area contributed by atoms with Crippen LogP contribution in [0.25, 0.3) is 0 Å². The largest absolute Gasteiger partial charge is 0.497 e. The van der Waals surface area contributed by atoms with Gasteiger partial charge in [0.15, 0.2) is 0 Å². The van der Waals surface area contributed by atoms with Crippen LogP contribution in [0.3, 0.4) is 0 Å². The minimum absolute atomic E-state index is 0.128. The number of hydrogen-bond donors (Lipinski definition) is 2. The highest BCUT2D eigenvalue weighted by Gasteiger charge is 2.14. The molecule has 0 bridgehead atoms. The number of carbonyl (C=O) groups excluding carboxylic acids is 2. The lowest BCUT2D eigenvalue weighted by atomic mass is 10.1. The summed E-state index contributed by atoms with van der Waals surface area (Å²) >= 11 is 0. The van der Waals surface area contributed by atoms with Gasteiger partial charge in [-0.3, -0.25) is 9.59 Å². The fourth-order valence-electron chi connectivity index (χ4n) is 2.85. The Balaban J connectivity index is 1.68. The molecule has 2 N–H and O–H groups in total. The number of amides is 2. The van der Waals surface area contributed by atoms with Crippen LogP contribution >= 0.6 is 0 Å². The molecule has 0 heterocycles. The topological polar surface area (TPSA) is 76.7 Å². The van der Waals surface area contributed by atoms with Crippen molar-refractivity contribution in [2.75, 3.05) is 24.9 Å². The van der Waals surface area contributed by atoms with Crippen LogP contribution in [0, 0.1) is 0 Å². The summed E-state index contributed by atoms with van der Waals surface area (Å²) < 4.78 is 10.4. The fourth-order valence-corrected chi connectivity index (χ4v) is 2.85. The van der Waals surface area contributed by atoms with Gasteiger partial charge in [0.2, 0.25) is 5.91 Å². The van der Waals surface area contributed by atoms with Gasteiger partial charge < -0.3 is 20.1 Å². The van der Waals surface area contributed by atoms with Crippen molar-refractivity contribution >= 4 is 23.2 Å². The van der Waals surface area contributed by atoms with Gasteiger partial charge in [0, 0.05) is 17.4 Å². The Hall–Kier alpha value is -3.80. The highest BCUT2D eigenvalue weighted by Crippen LogP contribution is 2.26. The molecule has 3 aromatic carbocycles. The van der Waals surface area contributed by atoms with Crippen molar-refractivity contribution in [2.24, 2.45) is 0 Å². The van der Waals surface area contributed by atoms with Gasteiger partial charge in [-0.15, -0.1) is 0 Å². The maximum atomic E-state index is 12.6. The smallest absolute Gasteiger partial charge is 0.259 e. The molecule has 0 saturated carbocycles. The number of methoxy groups -OCH3 is 2. The number of ether oxygens (including phenoxy) is 2. The number of rotatable bonds is 7. The summed E-state index contributed by atoms with van der Waals surface area (Å²) in [4.78, 5) is 24.9. The predicted molar refractivity (Wildman–Crippen MR) is 113 cm³/mol. The van der Waals surface area contributed by atoms with Gasteiger partial charge in [-0.2, -0.15) is 0 Å². The first-order valence-electron chi connectivity index (χ1n) is 9.06. The summed E-state index contributed by atoms with van der Waals surface area (Å²) in [6, 6.07) is 21.5. The first kappa shape index (κ1) is 19.9. The number of nitrogens with one attached hydrogen (secondary N) is 2. The van der Waals surface area contributed by atoms with Crippen LogP contribution in [0.2, 0.25) is 0 Å². The lowest BCUT2D eigenvalue weighted by Gasteiger charge is -2.12. The monoisotopic (exact) mass is 390 g/mol. The number of carbonyl (C=O) groups is 2. The quantitative estimate of drug-likeness (QED) is 0.636. The Labute approximate surface area is 169 Å². The highest BCUT2D eigenvalue weighted by atomic mass is 16.5. The number of anilines is 2. The second-order valence-corrected chi connectivity index (χ2v) is 6.31. The SMILES string of the molecule is COc1ccc(C(=O)Nc2cccc(NC(=O)Cc3ccccc3)c2)c(OC)c1. The minimum Gasteiger partial charge on any atom is -0.497 e. The van der Waals surface area contributed by atoms with E-state index < -0.39 is 0 Å². The van der Waals surface area contributed by atoms with Crippen molar-refractivity contribution in [3.05, 3.63) is 83.9 Å². The van der Waals surface area contributed by atoms with Gasteiger partial charge in [-0.25, -0.2) is 0 Å². The van der Waals surface area contributed by atoms with Crippen molar-refractivity contribution in [3.8, 4) is 11.5 Å². The molecule has 0 aliphatic heterocycles. The molecule has 3 rings (SSSR count). The van der Waals surface area contributed by atoms with E-state index >= 15 is 0 Å². The van der Waals surface area contributed by atoms with E-state index in [1.54, 1.807) is 49.6 Å². The molecule has 0 saturated heterocycles. The van der Waals surface area contributed by atoms with Crippen LogP contribution in [0.15, 0.2) is 72.8 Å². The molecule has 0 fully saturated rings. The molecular formula is C23H22N2O4. The Morgan fingerprint density at radius 3 is 2.21 bits per heavy atom. The lowest BCUT2D eigenvalue weighted by molar-refractivity contribution is -0.115. The molecule has 0 unspecified atom stereocenters. The Bertz CT molecular complexity index is 1000. The fraction of sp³-hybridized carbons (Fsp3) is 0.130. The van der Waals surface area contributed by atoms with Crippen LogP contribution in [0.5, 0.6) is 11.5 Å². The molecule has 148 valence electrons. The summed E-state index contributed by atoms with van der Waals surface area (Å²) in [5.41, 5.74) is 2.48. The molecule has 3 aromatic rings. The maximum Gasteiger partial charge on any atom is 0.259 e. The van der Waals surface area contributed by atoms with E-state index in [1.165, 1.54) is 7.11 Å². The van der Waals surface area contributed by atoms with Crippen LogP contribution < -0.4 is 20.1 Å². The van der Waals surface area contributed by atoms with E-state index in [-0.39, 0.29) is 18.2 Å². The standard InChI is InChI=1S/C23H22N2O4/c1-28-19-11-12-20(21(15-19)29-2)23(27)25-18-10-6-9-17(14-18)24-22(26)13-16-7-4-3-5-8-16/h3-12,14-15H,13H2,1-2H3,(H,24,26)(H,25,27). The van der Waals surface area contributed by atoms with Gasteiger partial charge in [-0.1, -0.05) is 36.4 Å². The zero-order chi connectivity index (χ0) is 20.6. The minimum atomic E-state index is -0.322. The normalized spacial score (nSPS) is 10.1. The molecule has 2 amide bonds. The van der Waals surface area contributed by atoms with Crippen LogP contribution in [0.1, 0.15) is 15.9 Å². The third-order valence-corrected chi connectivity index (χ3v) is 4.27. The zero-order valence-electron chi connectivity index (χ0n) is 16.3. The molecule has 6 nitrogen and oxygen atoms in total. The molecule has 29 heavy (non-hydrogen) atoms. The third-order valence-electron chi connectivity index (χ3n) is 4.27. The summed E-state index contributed by atoms with van der Waals surface area (Å²) in [6.45, 7) is 0. The molecule has 0 aliphatic carbocycles. The highest BCUT2D eigenvalue weighted by molar-refractivity contribution is 6.06. The van der Waals surface area contributed by atoms with E-state index in [4.69, 9.17) is 9.47 Å². The van der Waals surface area contributed by atoms with Gasteiger partial charge in [-0.05, 0) is 35.9 Å². The van der Waals surface area contributed by atoms with Crippen molar-refractivity contribution in [3.63, 3.8) is 0 Å². The zero-order valence-corrected chi connectivity index (χ0v) is 16.3.